The lowest BCUT2D eigenvalue weighted by atomic mass is 9.96. The van der Waals surface area contributed by atoms with E-state index in [-0.39, 0.29) is 24.4 Å². The van der Waals surface area contributed by atoms with E-state index in [9.17, 15) is 4.79 Å². The Morgan fingerprint density at radius 3 is 2.56 bits per heavy atom. The largest absolute Gasteiger partial charge is 0.495 e. The smallest absolute Gasteiger partial charge is 0.226 e. The number of rotatable bonds is 8. The van der Waals surface area contributed by atoms with Gasteiger partial charge in [0.15, 0.2) is 5.11 Å². The van der Waals surface area contributed by atoms with E-state index in [4.69, 9.17) is 17.0 Å². The van der Waals surface area contributed by atoms with E-state index in [1.54, 1.807) is 13.3 Å². The quantitative estimate of drug-likeness (QED) is 0.297. The Hall–Kier alpha value is -4.24. The van der Waals surface area contributed by atoms with Crippen LogP contribution in [0.5, 0.6) is 5.75 Å². The minimum absolute atomic E-state index is 0.114. The predicted octanol–water partition coefficient (Wildman–Crippen LogP) is 5.20. The molecule has 5 rings (SSSR count). The minimum atomic E-state index is -0.172. The van der Waals surface area contributed by atoms with Crippen LogP contribution in [-0.2, 0) is 4.79 Å². The molecule has 0 radical (unpaired) electrons. The summed E-state index contributed by atoms with van der Waals surface area (Å²) in [5.74, 6) is 1.41. The topological polar surface area (TPSA) is 84.3 Å². The van der Waals surface area contributed by atoms with Crippen molar-refractivity contribution < 1.29 is 9.53 Å². The van der Waals surface area contributed by atoms with Crippen LogP contribution in [0, 0.1) is 20.8 Å². The number of carbonyl (C=O) groups is 1. The zero-order valence-electron chi connectivity index (χ0n) is 22.5. The number of hydrogen-bond donors (Lipinski definition) is 2. The summed E-state index contributed by atoms with van der Waals surface area (Å²) in [7, 11) is 1.59. The molecule has 1 saturated heterocycles. The Labute approximate surface area is 234 Å². The molecule has 0 aliphatic carbocycles. The Morgan fingerprint density at radius 2 is 1.82 bits per heavy atom. The first-order chi connectivity index (χ1) is 18.9. The van der Waals surface area contributed by atoms with Gasteiger partial charge in [-0.05, 0) is 80.5 Å². The number of aryl methyl sites for hydroxylation is 2. The number of hydrogen-bond acceptors (Lipinski definition) is 5. The molecule has 2 N–H and O–H groups in total. The van der Waals surface area contributed by atoms with Gasteiger partial charge in [-0.15, -0.1) is 0 Å². The number of carbonyl (C=O) groups excluding carboxylic acids is 1. The predicted molar refractivity (Wildman–Crippen MR) is 156 cm³/mol. The third-order valence-electron chi connectivity index (χ3n) is 7.14. The molecule has 1 aliphatic heterocycles. The van der Waals surface area contributed by atoms with E-state index in [0.29, 0.717) is 23.1 Å². The minimum Gasteiger partial charge on any atom is -0.495 e. The molecule has 1 aromatic carbocycles. The average Bonchev–Trinajstić information content (AvgIpc) is 3.42. The summed E-state index contributed by atoms with van der Waals surface area (Å²) in [6, 6.07) is 19.2. The summed E-state index contributed by atoms with van der Waals surface area (Å²) in [6.07, 6.45) is 3.86. The highest BCUT2D eigenvalue weighted by atomic mass is 32.1. The maximum absolute atomic E-state index is 13.0. The van der Waals surface area contributed by atoms with Gasteiger partial charge >= 0.3 is 0 Å². The van der Waals surface area contributed by atoms with Crippen molar-refractivity contribution in [1.29, 1.82) is 0 Å². The van der Waals surface area contributed by atoms with Crippen LogP contribution in [0.15, 0.2) is 73.1 Å². The lowest BCUT2D eigenvalue weighted by molar-refractivity contribution is -0.116. The molecule has 39 heavy (non-hydrogen) atoms. The lowest BCUT2D eigenvalue weighted by Gasteiger charge is -2.28. The van der Waals surface area contributed by atoms with Crippen molar-refractivity contribution in [3.05, 3.63) is 101 Å². The second-order valence-corrected chi connectivity index (χ2v) is 10.0. The molecular weight excluding hydrogens is 508 g/mol. The van der Waals surface area contributed by atoms with Crippen LogP contribution in [-0.4, -0.2) is 44.1 Å². The Balaban J connectivity index is 1.47. The number of methoxy groups -OCH3 is 1. The molecule has 9 heteroatoms. The first-order valence-corrected chi connectivity index (χ1v) is 13.3. The fourth-order valence-electron chi connectivity index (χ4n) is 5.29. The van der Waals surface area contributed by atoms with Crippen molar-refractivity contribution in [3.63, 3.8) is 0 Å². The van der Waals surface area contributed by atoms with E-state index in [1.165, 1.54) is 0 Å². The van der Waals surface area contributed by atoms with E-state index in [0.717, 1.165) is 34.0 Å². The van der Waals surface area contributed by atoms with Crippen LogP contribution >= 0.6 is 12.2 Å². The van der Waals surface area contributed by atoms with E-state index in [1.807, 2.05) is 54.7 Å². The number of thiocarbonyl (C=S) groups is 1. The number of pyridine rings is 2. The van der Waals surface area contributed by atoms with Crippen LogP contribution in [0.3, 0.4) is 0 Å². The van der Waals surface area contributed by atoms with Gasteiger partial charge in [0.25, 0.3) is 0 Å². The van der Waals surface area contributed by atoms with Gasteiger partial charge < -0.3 is 24.8 Å². The van der Waals surface area contributed by atoms with E-state index in [2.05, 4.69) is 63.0 Å². The number of ether oxygens (including phenoxy) is 1. The van der Waals surface area contributed by atoms with E-state index < -0.39 is 0 Å². The highest BCUT2D eigenvalue weighted by Gasteiger charge is 2.41. The van der Waals surface area contributed by atoms with Crippen LogP contribution < -0.4 is 15.4 Å². The van der Waals surface area contributed by atoms with Gasteiger partial charge in [0.1, 0.15) is 11.6 Å². The Morgan fingerprint density at radius 1 is 1.05 bits per heavy atom. The summed E-state index contributed by atoms with van der Waals surface area (Å²) in [4.78, 5) is 24.4. The van der Waals surface area contributed by atoms with Gasteiger partial charge in [-0.3, -0.25) is 9.78 Å². The van der Waals surface area contributed by atoms with E-state index >= 15 is 0 Å². The number of amides is 1. The van der Waals surface area contributed by atoms with Crippen LogP contribution in [0.25, 0.3) is 5.82 Å². The lowest BCUT2D eigenvalue weighted by Crippen LogP contribution is -2.33. The molecule has 1 amide bonds. The van der Waals surface area contributed by atoms with Crippen molar-refractivity contribution >= 4 is 28.9 Å². The molecule has 0 bridgehead atoms. The van der Waals surface area contributed by atoms with Gasteiger partial charge in [0.05, 0.1) is 30.6 Å². The summed E-state index contributed by atoms with van der Waals surface area (Å²) < 4.78 is 7.57. The summed E-state index contributed by atoms with van der Waals surface area (Å²) >= 11 is 5.83. The molecule has 8 nitrogen and oxygen atoms in total. The monoisotopic (exact) mass is 540 g/mol. The number of nitrogens with one attached hydrogen (secondary N) is 2. The number of para-hydroxylation sites is 2. The van der Waals surface area contributed by atoms with Crippen molar-refractivity contribution in [2.75, 3.05) is 19.0 Å². The van der Waals surface area contributed by atoms with Crippen molar-refractivity contribution in [3.8, 4) is 11.6 Å². The zero-order chi connectivity index (χ0) is 27.5. The van der Waals surface area contributed by atoms with Gasteiger partial charge in [-0.1, -0.05) is 24.3 Å². The summed E-state index contributed by atoms with van der Waals surface area (Å²) in [6.45, 7) is 6.70. The molecule has 4 aromatic rings. The van der Waals surface area contributed by atoms with Gasteiger partial charge in [-0.25, -0.2) is 4.98 Å². The fraction of sp³-hybridized carbons (Fsp3) is 0.267. The third kappa shape index (κ3) is 5.22. The maximum atomic E-state index is 13.0. The maximum Gasteiger partial charge on any atom is 0.226 e. The van der Waals surface area contributed by atoms with Crippen molar-refractivity contribution in [2.24, 2.45) is 0 Å². The SMILES string of the molecule is COc1ccccc1NC(=O)CCN1C(=S)NC(c2ccccn2)C1c1cc(C)n(-c2ncccc2C)c1C. The Bertz CT molecular complexity index is 1500. The molecular formula is C30H32N6O2S. The van der Waals surface area contributed by atoms with Gasteiger partial charge in [0, 0.05) is 36.7 Å². The van der Waals surface area contributed by atoms with Crippen molar-refractivity contribution in [2.45, 2.75) is 39.3 Å². The number of anilines is 1. The Kier molecular flexibility index (Phi) is 7.60. The number of benzene rings is 1. The molecule has 1 aliphatic rings. The molecule has 1 fully saturated rings. The summed E-state index contributed by atoms with van der Waals surface area (Å²) in [5, 5.41) is 7.05. The molecule has 0 spiro atoms. The third-order valence-corrected chi connectivity index (χ3v) is 7.49. The van der Waals surface area contributed by atoms with Crippen LogP contribution in [0.4, 0.5) is 5.69 Å². The number of aromatic nitrogens is 3. The highest BCUT2D eigenvalue weighted by Crippen LogP contribution is 2.41. The summed E-state index contributed by atoms with van der Waals surface area (Å²) in [5.41, 5.74) is 5.91. The molecule has 2 atom stereocenters. The average molecular weight is 541 g/mol. The molecule has 3 aromatic heterocycles. The van der Waals surface area contributed by atoms with Gasteiger partial charge in [0.2, 0.25) is 5.91 Å². The van der Waals surface area contributed by atoms with Crippen LogP contribution in [0.1, 0.15) is 46.7 Å². The van der Waals surface area contributed by atoms with Gasteiger partial charge in [-0.2, -0.15) is 0 Å². The standard InChI is InChI=1S/C30H32N6O2S/c1-19-10-9-16-32-29(19)36-20(2)18-22(21(36)3)28-27(24-12-7-8-15-31-24)34-30(39)35(28)17-14-26(37)33-23-11-5-6-13-25(23)38-4/h5-13,15-16,18,27-28H,14,17H2,1-4H3,(H,33,37)(H,34,39). The second kappa shape index (κ2) is 11.2. The molecule has 0 saturated carbocycles. The molecule has 4 heterocycles. The fourth-order valence-corrected chi connectivity index (χ4v) is 5.62. The normalized spacial score (nSPS) is 16.7. The zero-order valence-corrected chi connectivity index (χ0v) is 23.3. The first kappa shape index (κ1) is 26.4. The number of nitrogens with zero attached hydrogens (tertiary/aromatic N) is 4. The van der Waals surface area contributed by atoms with Crippen LogP contribution in [0.2, 0.25) is 0 Å². The first-order valence-electron chi connectivity index (χ1n) is 12.9. The second-order valence-electron chi connectivity index (χ2n) is 9.62. The molecule has 200 valence electrons. The van der Waals surface area contributed by atoms with Crippen molar-refractivity contribution in [1.82, 2.24) is 24.8 Å². The highest BCUT2D eigenvalue weighted by molar-refractivity contribution is 7.80. The molecule has 2 unspecified atom stereocenters.